The van der Waals surface area contributed by atoms with Crippen LogP contribution in [0.1, 0.15) is 107 Å². The van der Waals surface area contributed by atoms with Crippen molar-refractivity contribution >= 4 is 11.4 Å². The fourth-order valence-corrected chi connectivity index (χ4v) is 2.34. The molecule has 1 aromatic heterocycles. The van der Waals surface area contributed by atoms with Gasteiger partial charge in [0.15, 0.2) is 0 Å². The van der Waals surface area contributed by atoms with Crippen LogP contribution in [-0.4, -0.2) is 26.4 Å². The Hall–Kier alpha value is -1.85. The first kappa shape index (κ1) is 29.1. The Bertz CT molecular complexity index is 678. The molecule has 0 aromatic carbocycles. The number of halogens is 1. The lowest BCUT2D eigenvalue weighted by molar-refractivity contribution is 0.508. The predicted molar refractivity (Wildman–Crippen MR) is 133 cm³/mol. The molecule has 1 aliphatic heterocycles. The second kappa shape index (κ2) is 14.3. The average molecular weight is 436 g/mol. The van der Waals surface area contributed by atoms with E-state index in [0.717, 1.165) is 12.1 Å². The number of nitrogens with zero attached hydrogens (tertiary/aromatic N) is 5. The third kappa shape index (κ3) is 11.9. The van der Waals surface area contributed by atoms with E-state index in [2.05, 4.69) is 75.9 Å². The number of rotatable bonds is 6. The Morgan fingerprint density at radius 3 is 1.52 bits per heavy atom. The lowest BCUT2D eigenvalue weighted by atomic mass is 9.98. The maximum atomic E-state index is 12.6. The van der Waals surface area contributed by atoms with Crippen LogP contribution in [0.3, 0.4) is 0 Å². The first-order valence-corrected chi connectivity index (χ1v) is 11.7. The zero-order valence-corrected chi connectivity index (χ0v) is 21.9. The Morgan fingerprint density at radius 2 is 1.32 bits per heavy atom. The van der Waals surface area contributed by atoms with Gasteiger partial charge in [0, 0.05) is 36.0 Å². The lowest BCUT2D eigenvalue weighted by Gasteiger charge is -2.05. The van der Waals surface area contributed by atoms with Crippen LogP contribution in [0.15, 0.2) is 28.3 Å². The van der Waals surface area contributed by atoms with E-state index >= 15 is 0 Å². The molecule has 1 aliphatic rings. The second-order valence-electron chi connectivity index (χ2n) is 9.99. The van der Waals surface area contributed by atoms with Gasteiger partial charge in [-0.1, -0.05) is 80.5 Å². The molecule has 31 heavy (non-hydrogen) atoms. The number of hydrogen-bond acceptors (Lipinski definition) is 4. The van der Waals surface area contributed by atoms with Crippen LogP contribution in [0.25, 0.3) is 0 Å². The number of aromatic nitrogens is 3. The highest BCUT2D eigenvalue weighted by molar-refractivity contribution is 6.08. The fraction of sp³-hybridized carbons (Fsp3) is 0.760. The van der Waals surface area contributed by atoms with Gasteiger partial charge in [-0.2, -0.15) is 10.2 Å². The monoisotopic (exact) mass is 435 g/mol. The van der Waals surface area contributed by atoms with Crippen molar-refractivity contribution in [3.63, 3.8) is 0 Å². The summed E-state index contributed by atoms with van der Waals surface area (Å²) in [7, 11) is 0. The molecule has 5 nitrogen and oxygen atoms in total. The molecule has 0 aliphatic carbocycles. The molecule has 1 aromatic rings. The zero-order chi connectivity index (χ0) is 24.3. The maximum Gasteiger partial charge on any atom is 0.0987 e. The van der Waals surface area contributed by atoms with Crippen molar-refractivity contribution in [2.75, 3.05) is 0 Å². The van der Waals surface area contributed by atoms with Gasteiger partial charge in [0.25, 0.3) is 0 Å². The number of allylic oxidation sites excluding steroid dienone is 2. The van der Waals surface area contributed by atoms with Gasteiger partial charge in [0.1, 0.15) is 0 Å². The molecule has 0 fully saturated rings. The Morgan fingerprint density at radius 1 is 0.839 bits per heavy atom. The van der Waals surface area contributed by atoms with Gasteiger partial charge < -0.3 is 0 Å². The van der Waals surface area contributed by atoms with Gasteiger partial charge in [-0.25, -0.2) is 9.07 Å². The molecule has 6 heteroatoms. The summed E-state index contributed by atoms with van der Waals surface area (Å²) in [5, 5.41) is 16.3. The molecule has 0 unspecified atom stereocenters. The largest absolute Gasteiger partial charge is 0.250 e. The number of hydrogen-bond donors (Lipinski definition) is 0. The topological polar surface area (TPSA) is 55.4 Å². The van der Waals surface area contributed by atoms with Gasteiger partial charge in [0.05, 0.1) is 11.5 Å². The summed E-state index contributed by atoms with van der Waals surface area (Å²) in [5.41, 5.74) is 3.53. The van der Waals surface area contributed by atoms with E-state index in [1.807, 2.05) is 38.6 Å². The van der Waals surface area contributed by atoms with E-state index in [-0.39, 0.29) is 11.7 Å². The quantitative estimate of drug-likeness (QED) is 0.461. The van der Waals surface area contributed by atoms with Crippen molar-refractivity contribution in [1.82, 2.24) is 15.0 Å². The molecular weight excluding hydrogens is 389 g/mol. The van der Waals surface area contributed by atoms with Crippen LogP contribution in [0, 0.1) is 23.7 Å². The molecule has 0 saturated carbocycles. The normalized spacial score (nSPS) is 14.2. The van der Waals surface area contributed by atoms with Crippen molar-refractivity contribution in [2.45, 2.75) is 101 Å². The third-order valence-electron chi connectivity index (χ3n) is 4.69. The summed E-state index contributed by atoms with van der Waals surface area (Å²) in [6.07, 6.45) is 4.66. The van der Waals surface area contributed by atoms with E-state index < -0.39 is 0 Å². The van der Waals surface area contributed by atoms with Crippen molar-refractivity contribution in [2.24, 2.45) is 33.9 Å². The summed E-state index contributed by atoms with van der Waals surface area (Å²) in [6.45, 7) is 24.7. The van der Waals surface area contributed by atoms with Crippen LogP contribution in [-0.2, 0) is 0 Å². The molecule has 0 N–H and O–H groups in total. The summed E-state index contributed by atoms with van der Waals surface area (Å²) < 4.78 is 14.5. The Kier molecular flexibility index (Phi) is 13.4. The van der Waals surface area contributed by atoms with E-state index in [0.29, 0.717) is 29.7 Å². The molecule has 178 valence electrons. The molecule has 0 radical (unpaired) electrons. The van der Waals surface area contributed by atoms with Gasteiger partial charge in [-0.3, -0.25) is 0 Å². The first-order valence-electron chi connectivity index (χ1n) is 11.7. The van der Waals surface area contributed by atoms with Crippen molar-refractivity contribution < 1.29 is 4.39 Å². The minimum absolute atomic E-state index is 0.00463. The standard InChI is InChI=1S/C9H16N2.C8H15F.C8H15N3/c1-6(2)8-5-9(7(3)4)11-10-8;1-6(2)5-8(9)7(3)4;1-6(2)8-5-11(7(3)4)10-9-8/h6-7H,5H2,1-4H3;5-7H,1-4H3;5-7H,1-4H3/b;8-5-;. The zero-order valence-electron chi connectivity index (χ0n) is 21.9. The molecular formula is C25H46FN5. The molecule has 2 heterocycles. The van der Waals surface area contributed by atoms with Gasteiger partial charge in [-0.15, -0.1) is 5.10 Å². The summed E-state index contributed by atoms with van der Waals surface area (Å²) in [4.78, 5) is 0. The highest BCUT2D eigenvalue weighted by Gasteiger charge is 2.17. The van der Waals surface area contributed by atoms with Crippen molar-refractivity contribution in [3.05, 3.63) is 23.8 Å². The molecule has 0 spiro atoms. The van der Waals surface area contributed by atoms with E-state index in [4.69, 9.17) is 0 Å². The molecule has 0 atom stereocenters. The lowest BCUT2D eigenvalue weighted by Crippen LogP contribution is -2.12. The first-order chi connectivity index (χ1) is 14.3. The predicted octanol–water partition coefficient (Wildman–Crippen LogP) is 7.63. The van der Waals surface area contributed by atoms with Crippen LogP contribution in [0.5, 0.6) is 0 Å². The third-order valence-corrected chi connectivity index (χ3v) is 4.69. The van der Waals surface area contributed by atoms with Crippen molar-refractivity contribution in [1.29, 1.82) is 0 Å². The van der Waals surface area contributed by atoms with Crippen molar-refractivity contribution in [3.8, 4) is 0 Å². The minimum Gasteiger partial charge on any atom is -0.250 e. The van der Waals surface area contributed by atoms with Crippen LogP contribution >= 0.6 is 0 Å². The summed E-state index contributed by atoms with van der Waals surface area (Å²) in [6, 6.07) is 0.412. The van der Waals surface area contributed by atoms with E-state index in [9.17, 15) is 4.39 Å². The highest BCUT2D eigenvalue weighted by atomic mass is 19.1. The van der Waals surface area contributed by atoms with Crippen LogP contribution in [0.4, 0.5) is 4.39 Å². The molecule has 2 rings (SSSR count). The van der Waals surface area contributed by atoms with E-state index in [1.165, 1.54) is 11.4 Å². The smallest absolute Gasteiger partial charge is 0.0987 e. The Balaban J connectivity index is 0.000000439. The average Bonchev–Trinajstić information content (AvgIpc) is 3.32. The van der Waals surface area contributed by atoms with Gasteiger partial charge in [-0.05, 0) is 37.5 Å². The molecule has 0 amide bonds. The maximum absolute atomic E-state index is 12.6. The van der Waals surface area contributed by atoms with Crippen LogP contribution in [0.2, 0.25) is 0 Å². The summed E-state index contributed by atoms with van der Waals surface area (Å²) >= 11 is 0. The minimum atomic E-state index is 0.00463. The van der Waals surface area contributed by atoms with E-state index in [1.54, 1.807) is 6.08 Å². The SMILES string of the molecule is CC(C)/C=C(\F)C(C)C.CC(C)C1=NN=C(C(C)C)C1.CC(C)c1cn(C(C)C)nn1. The fourth-order valence-electron chi connectivity index (χ4n) is 2.34. The second-order valence-corrected chi connectivity index (χ2v) is 9.99. The Labute approximate surface area is 190 Å². The molecule has 0 saturated heterocycles. The van der Waals surface area contributed by atoms with Crippen LogP contribution < -0.4 is 0 Å². The highest BCUT2D eigenvalue weighted by Crippen LogP contribution is 2.15. The summed E-state index contributed by atoms with van der Waals surface area (Å²) in [5.74, 6) is 1.96. The van der Waals surface area contributed by atoms with Gasteiger partial charge >= 0.3 is 0 Å². The molecule has 0 bridgehead atoms. The van der Waals surface area contributed by atoms with Gasteiger partial charge in [0.2, 0.25) is 0 Å².